The summed E-state index contributed by atoms with van der Waals surface area (Å²) in [6.07, 6.45) is 0.908. The lowest BCUT2D eigenvalue weighted by molar-refractivity contribution is -0.386. The molecule has 1 N–H and O–H groups in total. The van der Waals surface area contributed by atoms with Crippen LogP contribution in [-0.2, 0) is 6.54 Å². The second kappa shape index (κ2) is 7.54. The number of nitrogens with one attached hydrogen (secondary N) is 1. The van der Waals surface area contributed by atoms with Crippen molar-refractivity contribution < 1.29 is 4.92 Å². The van der Waals surface area contributed by atoms with E-state index < -0.39 is 0 Å². The van der Waals surface area contributed by atoms with Gasteiger partial charge in [0.2, 0.25) is 0 Å². The van der Waals surface area contributed by atoms with Gasteiger partial charge in [-0.3, -0.25) is 14.8 Å². The molecule has 0 spiro atoms. The van der Waals surface area contributed by atoms with Gasteiger partial charge in [-0.1, -0.05) is 27.7 Å². The Labute approximate surface area is 127 Å². The van der Waals surface area contributed by atoms with E-state index in [0.717, 1.165) is 18.7 Å². The number of hydrogen-bond donors (Lipinski definition) is 1. The number of nitrogens with zero attached hydrogens (tertiary/aromatic N) is 3. The van der Waals surface area contributed by atoms with E-state index in [4.69, 9.17) is 0 Å². The molecule has 1 rings (SSSR count). The van der Waals surface area contributed by atoms with Crippen molar-refractivity contribution in [2.75, 3.05) is 6.54 Å². The lowest BCUT2D eigenvalue weighted by atomic mass is 9.85. The molecular weight excluding hydrogens is 268 g/mol. The molecule has 1 aromatic heterocycles. The summed E-state index contributed by atoms with van der Waals surface area (Å²) in [7, 11) is 0. The minimum atomic E-state index is -0.280. The summed E-state index contributed by atoms with van der Waals surface area (Å²) in [5.74, 6) is 0.363. The van der Waals surface area contributed by atoms with Gasteiger partial charge in [0.25, 0.3) is 0 Å². The second-order valence-electron chi connectivity index (χ2n) is 5.92. The molecule has 0 aliphatic heterocycles. The van der Waals surface area contributed by atoms with E-state index in [0.29, 0.717) is 18.2 Å². The number of hydrogen-bond acceptors (Lipinski definition) is 4. The predicted octanol–water partition coefficient (Wildman–Crippen LogP) is 3.25. The molecular formula is C15H28N4O2. The van der Waals surface area contributed by atoms with Crippen molar-refractivity contribution in [1.82, 2.24) is 15.1 Å². The Morgan fingerprint density at radius 3 is 2.38 bits per heavy atom. The van der Waals surface area contributed by atoms with Gasteiger partial charge in [-0.2, -0.15) is 5.10 Å². The van der Waals surface area contributed by atoms with Gasteiger partial charge in [0.05, 0.1) is 4.92 Å². The van der Waals surface area contributed by atoms with Crippen LogP contribution in [-0.4, -0.2) is 27.3 Å². The van der Waals surface area contributed by atoms with Crippen molar-refractivity contribution in [3.63, 3.8) is 0 Å². The van der Waals surface area contributed by atoms with E-state index in [1.807, 2.05) is 4.68 Å². The Morgan fingerprint density at radius 2 is 1.95 bits per heavy atom. The molecule has 2 atom stereocenters. The van der Waals surface area contributed by atoms with E-state index >= 15 is 0 Å². The average Bonchev–Trinajstić information content (AvgIpc) is 2.66. The molecule has 0 radical (unpaired) electrons. The van der Waals surface area contributed by atoms with Gasteiger partial charge in [-0.05, 0) is 32.7 Å². The zero-order chi connectivity index (χ0) is 16.2. The average molecular weight is 296 g/mol. The maximum absolute atomic E-state index is 11.5. The topological polar surface area (TPSA) is 73.0 Å². The van der Waals surface area contributed by atoms with Crippen LogP contribution in [0.3, 0.4) is 0 Å². The van der Waals surface area contributed by atoms with Crippen LogP contribution in [0, 0.1) is 23.0 Å². The minimum absolute atomic E-state index is 0.0677. The van der Waals surface area contributed by atoms with Crippen molar-refractivity contribution in [3.8, 4) is 0 Å². The highest BCUT2D eigenvalue weighted by Gasteiger charge is 2.35. The lowest BCUT2D eigenvalue weighted by Gasteiger charge is -2.28. The molecule has 0 bridgehead atoms. The van der Waals surface area contributed by atoms with Gasteiger partial charge in [-0.25, -0.2) is 0 Å². The Balaban J connectivity index is 3.43. The third-order valence-corrected chi connectivity index (χ3v) is 3.85. The maximum Gasteiger partial charge on any atom is 0.313 e. The standard InChI is InChI=1S/C15H28N4O2/c1-7-9-18-15(14(19(20)21)12(6)17-18)13(10(3)4)11(5)16-8-2/h10-11,13,16H,7-9H2,1-6H3. The van der Waals surface area contributed by atoms with E-state index in [9.17, 15) is 10.1 Å². The highest BCUT2D eigenvalue weighted by atomic mass is 16.6. The van der Waals surface area contributed by atoms with Gasteiger partial charge in [-0.15, -0.1) is 0 Å². The molecule has 6 heteroatoms. The first kappa shape index (κ1) is 17.6. The van der Waals surface area contributed by atoms with Crippen molar-refractivity contribution in [2.24, 2.45) is 5.92 Å². The normalized spacial score (nSPS) is 14.4. The van der Waals surface area contributed by atoms with E-state index in [2.05, 4.69) is 45.0 Å². The Morgan fingerprint density at radius 1 is 1.33 bits per heavy atom. The SMILES string of the molecule is CCCn1nc(C)c([N+](=O)[O-])c1C(C(C)C)C(C)NCC. The number of likely N-dealkylation sites (N-methyl/N-ethyl adjacent to an activating group) is 1. The molecule has 120 valence electrons. The number of aryl methyl sites for hydroxylation is 2. The first-order valence-corrected chi connectivity index (χ1v) is 7.80. The van der Waals surface area contributed by atoms with Gasteiger partial charge in [0.1, 0.15) is 11.4 Å². The van der Waals surface area contributed by atoms with Crippen LogP contribution < -0.4 is 5.32 Å². The third kappa shape index (κ3) is 3.81. The van der Waals surface area contributed by atoms with Crippen LogP contribution >= 0.6 is 0 Å². The summed E-state index contributed by atoms with van der Waals surface area (Å²) in [6.45, 7) is 13.7. The van der Waals surface area contributed by atoms with E-state index in [-0.39, 0.29) is 22.6 Å². The predicted molar refractivity (Wildman–Crippen MR) is 84.6 cm³/mol. The maximum atomic E-state index is 11.5. The van der Waals surface area contributed by atoms with Gasteiger partial charge >= 0.3 is 5.69 Å². The second-order valence-corrected chi connectivity index (χ2v) is 5.92. The highest BCUT2D eigenvalue weighted by Crippen LogP contribution is 2.36. The van der Waals surface area contributed by atoms with Crippen LogP contribution in [0.1, 0.15) is 58.3 Å². The molecule has 0 aliphatic rings. The number of rotatable bonds is 8. The number of nitro groups is 1. The smallest absolute Gasteiger partial charge is 0.313 e. The molecule has 2 unspecified atom stereocenters. The summed E-state index contributed by atoms with van der Waals surface area (Å²) in [6, 6.07) is 0.167. The molecule has 0 saturated heterocycles. The van der Waals surface area contributed by atoms with Gasteiger partial charge in [0.15, 0.2) is 0 Å². The first-order valence-electron chi connectivity index (χ1n) is 7.80. The molecule has 0 aromatic carbocycles. The molecule has 0 saturated carbocycles. The zero-order valence-corrected chi connectivity index (χ0v) is 14.0. The summed E-state index contributed by atoms with van der Waals surface area (Å²) in [5, 5.41) is 19.3. The van der Waals surface area contributed by atoms with Crippen molar-refractivity contribution in [2.45, 2.75) is 66.5 Å². The van der Waals surface area contributed by atoms with Crippen LogP contribution in [0.5, 0.6) is 0 Å². The molecule has 1 aromatic rings. The Bertz CT molecular complexity index is 482. The molecule has 1 heterocycles. The molecule has 0 aliphatic carbocycles. The Hall–Kier alpha value is -1.43. The van der Waals surface area contributed by atoms with Gasteiger partial charge in [0, 0.05) is 18.5 Å². The summed E-state index contributed by atoms with van der Waals surface area (Å²) >= 11 is 0. The fourth-order valence-corrected chi connectivity index (χ4v) is 3.11. The quantitative estimate of drug-likeness (QED) is 0.590. The summed E-state index contributed by atoms with van der Waals surface area (Å²) in [4.78, 5) is 11.2. The lowest BCUT2D eigenvalue weighted by Crippen LogP contribution is -2.36. The largest absolute Gasteiger partial charge is 0.314 e. The monoisotopic (exact) mass is 296 g/mol. The molecule has 21 heavy (non-hydrogen) atoms. The fourth-order valence-electron chi connectivity index (χ4n) is 3.11. The third-order valence-electron chi connectivity index (χ3n) is 3.85. The van der Waals surface area contributed by atoms with E-state index in [1.54, 1.807) is 6.92 Å². The van der Waals surface area contributed by atoms with Crippen LogP contribution in [0.4, 0.5) is 5.69 Å². The fraction of sp³-hybridized carbons (Fsp3) is 0.800. The number of aromatic nitrogens is 2. The summed E-state index contributed by atoms with van der Waals surface area (Å²) < 4.78 is 1.84. The van der Waals surface area contributed by atoms with Crippen molar-refractivity contribution in [1.29, 1.82) is 0 Å². The van der Waals surface area contributed by atoms with Crippen molar-refractivity contribution >= 4 is 5.69 Å². The zero-order valence-electron chi connectivity index (χ0n) is 14.0. The minimum Gasteiger partial charge on any atom is -0.314 e. The molecule has 0 fully saturated rings. The van der Waals surface area contributed by atoms with Crippen LogP contribution in [0.2, 0.25) is 0 Å². The molecule has 0 amide bonds. The Kier molecular flexibility index (Phi) is 6.33. The highest BCUT2D eigenvalue weighted by molar-refractivity contribution is 5.43. The van der Waals surface area contributed by atoms with Crippen LogP contribution in [0.15, 0.2) is 0 Å². The van der Waals surface area contributed by atoms with Crippen LogP contribution in [0.25, 0.3) is 0 Å². The van der Waals surface area contributed by atoms with Crippen molar-refractivity contribution in [3.05, 3.63) is 21.5 Å². The first-order chi connectivity index (χ1) is 9.84. The summed E-state index contributed by atoms with van der Waals surface area (Å²) in [5.41, 5.74) is 1.47. The van der Waals surface area contributed by atoms with E-state index in [1.165, 1.54) is 0 Å². The van der Waals surface area contributed by atoms with Gasteiger partial charge < -0.3 is 5.32 Å². The molecule has 6 nitrogen and oxygen atoms in total.